The highest BCUT2D eigenvalue weighted by molar-refractivity contribution is 7.80. The van der Waals surface area contributed by atoms with Crippen LogP contribution < -0.4 is 0 Å². The van der Waals surface area contributed by atoms with Crippen molar-refractivity contribution in [1.82, 2.24) is 4.57 Å². The molecule has 0 saturated carbocycles. The zero-order valence-electron chi connectivity index (χ0n) is 11.9. The molecule has 0 radical (unpaired) electrons. The Morgan fingerprint density at radius 3 is 2.06 bits per heavy atom. The minimum Gasteiger partial charge on any atom is -0.348 e. The van der Waals surface area contributed by atoms with E-state index in [1.54, 1.807) is 0 Å². The largest absolute Gasteiger partial charge is 0.348 e. The van der Waals surface area contributed by atoms with Crippen molar-refractivity contribution < 1.29 is 0 Å². The standard InChI is InChI=1S/C10H11N.C3H8S.C2H6/c1-8-7-9-5-3-4-6-10(9)11(8)2;1-3(2)4;1-2/h3-7H,1-2H3;3-4H,1-2H3;1-2H3. The molecule has 0 saturated heterocycles. The second kappa shape index (κ2) is 8.24. The Morgan fingerprint density at radius 1 is 1.12 bits per heavy atom. The summed E-state index contributed by atoms with van der Waals surface area (Å²) in [6.45, 7) is 10.2. The molecule has 17 heavy (non-hydrogen) atoms. The average Bonchev–Trinajstić information content (AvgIpc) is 2.58. The van der Waals surface area contributed by atoms with E-state index in [-0.39, 0.29) is 0 Å². The number of rotatable bonds is 0. The molecule has 2 aromatic rings. The van der Waals surface area contributed by atoms with E-state index in [0.717, 1.165) is 0 Å². The molecule has 2 rings (SSSR count). The topological polar surface area (TPSA) is 4.93 Å². The summed E-state index contributed by atoms with van der Waals surface area (Å²) in [5, 5.41) is 1.85. The average molecular weight is 251 g/mol. The monoisotopic (exact) mass is 251 g/mol. The number of benzene rings is 1. The molecule has 0 amide bonds. The summed E-state index contributed by atoms with van der Waals surface area (Å²) in [5.74, 6) is 0. The lowest BCUT2D eigenvalue weighted by Gasteiger charge is -1.96. The van der Waals surface area contributed by atoms with Gasteiger partial charge in [-0.1, -0.05) is 45.9 Å². The maximum atomic E-state index is 3.97. The van der Waals surface area contributed by atoms with Crippen LogP contribution in [0.2, 0.25) is 0 Å². The lowest BCUT2D eigenvalue weighted by atomic mass is 10.2. The van der Waals surface area contributed by atoms with E-state index in [0.29, 0.717) is 5.25 Å². The first-order valence-corrected chi connectivity index (χ1v) is 6.73. The Kier molecular flexibility index (Phi) is 7.81. The summed E-state index contributed by atoms with van der Waals surface area (Å²) in [7, 11) is 2.09. The lowest BCUT2D eigenvalue weighted by Crippen LogP contribution is -1.88. The smallest absolute Gasteiger partial charge is 0.0479 e. The molecule has 1 aromatic carbocycles. The lowest BCUT2D eigenvalue weighted by molar-refractivity contribution is 0.918. The molecule has 1 aromatic heterocycles. The van der Waals surface area contributed by atoms with Gasteiger partial charge in [-0.3, -0.25) is 0 Å². The Labute approximate surface area is 111 Å². The van der Waals surface area contributed by atoms with Gasteiger partial charge in [-0.05, 0) is 29.7 Å². The maximum Gasteiger partial charge on any atom is 0.0479 e. The van der Waals surface area contributed by atoms with Crippen LogP contribution in [0.1, 0.15) is 33.4 Å². The summed E-state index contributed by atoms with van der Waals surface area (Å²) in [5.41, 5.74) is 2.62. The van der Waals surface area contributed by atoms with Crippen LogP contribution in [0.15, 0.2) is 30.3 Å². The van der Waals surface area contributed by atoms with Crippen molar-refractivity contribution in [3.8, 4) is 0 Å². The summed E-state index contributed by atoms with van der Waals surface area (Å²) in [6.07, 6.45) is 0. The Morgan fingerprint density at radius 2 is 1.59 bits per heavy atom. The zero-order valence-corrected chi connectivity index (χ0v) is 12.8. The number of aromatic nitrogens is 1. The van der Waals surface area contributed by atoms with Crippen LogP contribution in [0.25, 0.3) is 10.9 Å². The maximum absolute atomic E-state index is 3.97. The molecule has 0 aliphatic heterocycles. The fraction of sp³-hybridized carbons (Fsp3) is 0.467. The van der Waals surface area contributed by atoms with Gasteiger partial charge in [-0.15, -0.1) is 0 Å². The predicted octanol–water partition coefficient (Wildman–Crippen LogP) is 4.84. The summed E-state index contributed by atoms with van der Waals surface area (Å²) < 4.78 is 2.20. The quantitative estimate of drug-likeness (QED) is 0.639. The third-order valence-electron chi connectivity index (χ3n) is 2.19. The van der Waals surface area contributed by atoms with Gasteiger partial charge in [0.2, 0.25) is 0 Å². The van der Waals surface area contributed by atoms with E-state index >= 15 is 0 Å². The van der Waals surface area contributed by atoms with Crippen molar-refractivity contribution in [3.05, 3.63) is 36.0 Å². The number of thiol groups is 1. The van der Waals surface area contributed by atoms with E-state index in [9.17, 15) is 0 Å². The first-order chi connectivity index (χ1) is 8.02. The molecule has 1 nitrogen and oxygen atoms in total. The van der Waals surface area contributed by atoms with Gasteiger partial charge >= 0.3 is 0 Å². The van der Waals surface area contributed by atoms with E-state index in [1.807, 2.05) is 27.7 Å². The third kappa shape index (κ3) is 5.31. The first-order valence-electron chi connectivity index (χ1n) is 6.21. The van der Waals surface area contributed by atoms with Crippen LogP contribution >= 0.6 is 12.6 Å². The van der Waals surface area contributed by atoms with Crippen molar-refractivity contribution in [2.45, 2.75) is 39.9 Å². The number of para-hydroxylation sites is 1. The number of fused-ring (bicyclic) bond motifs is 1. The van der Waals surface area contributed by atoms with Crippen LogP contribution in [-0.2, 0) is 7.05 Å². The molecule has 0 fully saturated rings. The molecule has 2 heteroatoms. The van der Waals surface area contributed by atoms with Crippen molar-refractivity contribution >= 4 is 23.5 Å². The fourth-order valence-electron chi connectivity index (χ4n) is 1.43. The molecule has 0 spiro atoms. The van der Waals surface area contributed by atoms with Crippen molar-refractivity contribution in [2.75, 3.05) is 0 Å². The van der Waals surface area contributed by atoms with Gasteiger partial charge < -0.3 is 4.57 Å². The highest BCUT2D eigenvalue weighted by Crippen LogP contribution is 2.16. The molecule has 0 atom stereocenters. The van der Waals surface area contributed by atoms with E-state index < -0.39 is 0 Å². The Balaban J connectivity index is 0.000000368. The van der Waals surface area contributed by atoms with Crippen molar-refractivity contribution in [1.29, 1.82) is 0 Å². The van der Waals surface area contributed by atoms with Crippen molar-refractivity contribution in [2.24, 2.45) is 7.05 Å². The van der Waals surface area contributed by atoms with Crippen molar-refractivity contribution in [3.63, 3.8) is 0 Å². The van der Waals surface area contributed by atoms with Gasteiger partial charge in [-0.25, -0.2) is 0 Å². The molecule has 0 unspecified atom stereocenters. The highest BCUT2D eigenvalue weighted by atomic mass is 32.1. The van der Waals surface area contributed by atoms with Gasteiger partial charge in [0, 0.05) is 18.3 Å². The number of hydrogen-bond donors (Lipinski definition) is 1. The third-order valence-corrected chi connectivity index (χ3v) is 2.19. The molecule has 0 aliphatic rings. The van der Waals surface area contributed by atoms with Crippen LogP contribution in [0.3, 0.4) is 0 Å². The molecular formula is C15H25NS. The van der Waals surface area contributed by atoms with Gasteiger partial charge in [0.15, 0.2) is 0 Å². The molecule has 1 heterocycles. The van der Waals surface area contributed by atoms with E-state index in [2.05, 4.69) is 61.5 Å². The van der Waals surface area contributed by atoms with Gasteiger partial charge in [0.05, 0.1) is 0 Å². The van der Waals surface area contributed by atoms with Gasteiger partial charge in [0.1, 0.15) is 0 Å². The van der Waals surface area contributed by atoms with Crippen LogP contribution in [0.4, 0.5) is 0 Å². The predicted molar refractivity (Wildman–Crippen MR) is 83.1 cm³/mol. The highest BCUT2D eigenvalue weighted by Gasteiger charge is 1.98. The second-order valence-corrected chi connectivity index (χ2v) is 5.03. The number of hydrogen-bond acceptors (Lipinski definition) is 1. The molecular weight excluding hydrogens is 226 g/mol. The molecule has 0 bridgehead atoms. The second-order valence-electron chi connectivity index (χ2n) is 4.00. The minimum absolute atomic E-state index is 0.528. The van der Waals surface area contributed by atoms with E-state index in [1.165, 1.54) is 16.6 Å². The van der Waals surface area contributed by atoms with Crippen LogP contribution in [0, 0.1) is 6.92 Å². The van der Waals surface area contributed by atoms with Gasteiger partial charge in [0.25, 0.3) is 0 Å². The summed E-state index contributed by atoms with van der Waals surface area (Å²) in [6, 6.07) is 10.6. The van der Waals surface area contributed by atoms with E-state index in [4.69, 9.17) is 0 Å². The van der Waals surface area contributed by atoms with Crippen LogP contribution in [-0.4, -0.2) is 9.82 Å². The summed E-state index contributed by atoms with van der Waals surface area (Å²) >= 11 is 3.97. The molecule has 0 N–H and O–H groups in total. The number of nitrogens with zero attached hydrogens (tertiary/aromatic N) is 1. The Hall–Kier alpha value is -0.890. The first kappa shape index (κ1) is 16.1. The Bertz CT molecular complexity index is 427. The normalized spacial score (nSPS) is 9.41. The SMILES string of the molecule is CC.CC(C)S.Cc1cc2ccccc2n1C. The summed E-state index contributed by atoms with van der Waals surface area (Å²) in [4.78, 5) is 0. The zero-order chi connectivity index (χ0) is 13.4. The molecule has 96 valence electrons. The minimum atomic E-state index is 0.528. The van der Waals surface area contributed by atoms with Gasteiger partial charge in [-0.2, -0.15) is 12.6 Å². The number of aryl methyl sites for hydroxylation is 2. The molecule has 0 aliphatic carbocycles. The fourth-order valence-corrected chi connectivity index (χ4v) is 1.43. The van der Waals surface area contributed by atoms with Crippen LogP contribution in [0.5, 0.6) is 0 Å².